The summed E-state index contributed by atoms with van der Waals surface area (Å²) < 4.78 is 15.2. The van der Waals surface area contributed by atoms with E-state index in [1.165, 1.54) is 10.7 Å². The van der Waals surface area contributed by atoms with Crippen molar-refractivity contribution < 1.29 is 4.39 Å². The largest absolute Gasteiger partial charge is 0.376 e. The lowest BCUT2D eigenvalue weighted by Gasteiger charge is -2.27. The Hall–Kier alpha value is -1.69. The average Bonchev–Trinajstić information content (AvgIpc) is 2.48. The zero-order valence-corrected chi connectivity index (χ0v) is 13.2. The van der Waals surface area contributed by atoms with Crippen LogP contribution < -0.4 is 10.9 Å². The molecule has 0 saturated carbocycles. The molecule has 110 valence electrons. The van der Waals surface area contributed by atoms with E-state index in [0.29, 0.717) is 10.2 Å². The van der Waals surface area contributed by atoms with Crippen LogP contribution in [0.1, 0.15) is 30.0 Å². The first kappa shape index (κ1) is 14.3. The number of fused-ring (bicyclic) bond motifs is 1. The van der Waals surface area contributed by atoms with Crippen LogP contribution >= 0.6 is 15.9 Å². The number of halogens is 2. The molecular weight excluding hydrogens is 337 g/mol. The zero-order chi connectivity index (χ0) is 15.0. The highest BCUT2D eigenvalue weighted by Crippen LogP contribution is 2.33. The second-order valence-corrected chi connectivity index (χ2v) is 6.03. The molecule has 1 aliphatic rings. The van der Waals surface area contributed by atoms with Crippen molar-refractivity contribution in [3.63, 3.8) is 0 Å². The maximum Gasteiger partial charge on any atom is 0.282 e. The Morgan fingerprint density at radius 3 is 3.10 bits per heavy atom. The van der Waals surface area contributed by atoms with Crippen LogP contribution in [0.5, 0.6) is 0 Å². The van der Waals surface area contributed by atoms with Crippen molar-refractivity contribution in [1.82, 2.24) is 9.78 Å². The molecule has 1 unspecified atom stereocenters. The van der Waals surface area contributed by atoms with Gasteiger partial charge in [-0.3, -0.25) is 4.79 Å². The molecule has 0 saturated heterocycles. The van der Waals surface area contributed by atoms with Gasteiger partial charge in [-0.25, -0.2) is 9.07 Å². The van der Waals surface area contributed by atoms with Gasteiger partial charge in [-0.15, -0.1) is 0 Å². The molecule has 1 aliphatic carbocycles. The fraction of sp³-hybridized carbons (Fsp3) is 0.333. The average molecular weight is 352 g/mol. The lowest BCUT2D eigenvalue weighted by molar-refractivity contribution is 0.578. The minimum absolute atomic E-state index is 0.00495. The zero-order valence-electron chi connectivity index (χ0n) is 11.6. The lowest BCUT2D eigenvalue weighted by Crippen LogP contribution is -2.23. The molecule has 2 aromatic rings. The van der Waals surface area contributed by atoms with Gasteiger partial charge in [-0.05, 0) is 58.5 Å². The number of hydrogen-bond acceptors (Lipinski definition) is 3. The number of nitrogens with zero attached hydrogens (tertiary/aromatic N) is 2. The van der Waals surface area contributed by atoms with Crippen molar-refractivity contribution in [3.8, 4) is 0 Å². The number of aryl methyl sites for hydroxylation is 2. The van der Waals surface area contributed by atoms with Crippen molar-refractivity contribution >= 4 is 21.6 Å². The summed E-state index contributed by atoms with van der Waals surface area (Å²) in [6.07, 6.45) is 4.51. The van der Waals surface area contributed by atoms with Crippen LogP contribution in [0.3, 0.4) is 0 Å². The van der Waals surface area contributed by atoms with E-state index in [-0.39, 0.29) is 17.4 Å². The fourth-order valence-corrected chi connectivity index (χ4v) is 3.19. The third-order valence-electron chi connectivity index (χ3n) is 3.83. The number of hydrogen-bond donors (Lipinski definition) is 1. The maximum absolute atomic E-state index is 13.5. The highest BCUT2D eigenvalue weighted by molar-refractivity contribution is 9.10. The molecule has 1 aromatic heterocycles. The molecule has 0 aliphatic heterocycles. The molecule has 0 radical (unpaired) electrons. The Bertz CT molecular complexity index is 744. The third kappa shape index (κ3) is 2.72. The van der Waals surface area contributed by atoms with Crippen LogP contribution in [0, 0.1) is 5.82 Å². The molecule has 0 bridgehead atoms. The first-order chi connectivity index (χ1) is 10.1. The number of rotatable bonds is 2. The van der Waals surface area contributed by atoms with E-state index in [4.69, 9.17) is 0 Å². The molecule has 4 nitrogen and oxygen atoms in total. The van der Waals surface area contributed by atoms with Gasteiger partial charge in [0.05, 0.1) is 17.9 Å². The van der Waals surface area contributed by atoms with Crippen molar-refractivity contribution in [2.24, 2.45) is 7.05 Å². The first-order valence-corrected chi connectivity index (χ1v) is 7.62. The van der Waals surface area contributed by atoms with E-state index < -0.39 is 0 Å². The molecule has 0 amide bonds. The highest BCUT2D eigenvalue weighted by Gasteiger charge is 2.22. The second kappa shape index (κ2) is 5.60. The molecule has 1 atom stereocenters. The van der Waals surface area contributed by atoms with Gasteiger partial charge in [-0.1, -0.05) is 6.07 Å². The van der Waals surface area contributed by atoms with Gasteiger partial charge in [0.2, 0.25) is 0 Å². The summed E-state index contributed by atoms with van der Waals surface area (Å²) in [6.45, 7) is 0. The van der Waals surface area contributed by atoms with Crippen molar-refractivity contribution in [2.45, 2.75) is 25.3 Å². The highest BCUT2D eigenvalue weighted by atomic mass is 79.9. The van der Waals surface area contributed by atoms with Gasteiger partial charge in [0.15, 0.2) is 0 Å². The Morgan fingerprint density at radius 2 is 2.29 bits per heavy atom. The molecule has 6 heteroatoms. The van der Waals surface area contributed by atoms with Gasteiger partial charge >= 0.3 is 0 Å². The monoisotopic (exact) mass is 351 g/mol. The standard InChI is InChI=1S/C15H15BrFN3O/c1-20-15(21)14(16)13(8-18-20)19-12-4-2-3-9-5-6-10(17)7-11(9)12/h5-8,12,19H,2-4H2,1H3. The minimum Gasteiger partial charge on any atom is -0.376 e. The van der Waals surface area contributed by atoms with Crippen LogP contribution in [-0.4, -0.2) is 9.78 Å². The van der Waals surface area contributed by atoms with Crippen molar-refractivity contribution in [2.75, 3.05) is 5.32 Å². The van der Waals surface area contributed by atoms with E-state index in [1.807, 2.05) is 6.07 Å². The molecule has 1 aromatic carbocycles. The number of nitrogens with one attached hydrogen (secondary N) is 1. The quantitative estimate of drug-likeness (QED) is 0.903. The van der Waals surface area contributed by atoms with Gasteiger partial charge in [0.25, 0.3) is 5.56 Å². The summed E-state index contributed by atoms with van der Waals surface area (Å²) >= 11 is 3.30. The van der Waals surface area contributed by atoms with Crippen molar-refractivity contribution in [3.05, 3.63) is 56.2 Å². The van der Waals surface area contributed by atoms with Crippen molar-refractivity contribution in [1.29, 1.82) is 0 Å². The Balaban J connectivity index is 1.96. The molecule has 1 N–H and O–H groups in total. The predicted octanol–water partition coefficient (Wildman–Crippen LogP) is 3.17. The topological polar surface area (TPSA) is 46.9 Å². The second-order valence-electron chi connectivity index (χ2n) is 5.23. The number of anilines is 1. The maximum atomic E-state index is 13.5. The normalized spacial score (nSPS) is 17.4. The Morgan fingerprint density at radius 1 is 1.48 bits per heavy atom. The van der Waals surface area contributed by atoms with Gasteiger partial charge in [0, 0.05) is 7.05 Å². The van der Waals surface area contributed by atoms with Gasteiger partial charge in [0.1, 0.15) is 10.3 Å². The molecule has 0 fully saturated rings. The summed E-state index contributed by atoms with van der Waals surface area (Å²) in [5, 5.41) is 7.33. The van der Waals surface area contributed by atoms with E-state index >= 15 is 0 Å². The Labute approximate surface area is 130 Å². The van der Waals surface area contributed by atoms with E-state index in [9.17, 15) is 9.18 Å². The summed E-state index contributed by atoms with van der Waals surface area (Å²) in [5.41, 5.74) is 2.57. The van der Waals surface area contributed by atoms with Crippen LogP contribution in [0.25, 0.3) is 0 Å². The van der Waals surface area contributed by atoms with Gasteiger partial charge < -0.3 is 5.32 Å². The minimum atomic E-state index is -0.233. The lowest BCUT2D eigenvalue weighted by atomic mass is 9.87. The summed E-state index contributed by atoms with van der Waals surface area (Å²) in [6, 6.07) is 4.91. The number of aromatic nitrogens is 2. The predicted molar refractivity (Wildman–Crippen MR) is 82.9 cm³/mol. The van der Waals surface area contributed by atoms with E-state index in [0.717, 1.165) is 30.4 Å². The summed E-state index contributed by atoms with van der Waals surface area (Å²) in [7, 11) is 1.60. The summed E-state index contributed by atoms with van der Waals surface area (Å²) in [5.74, 6) is -0.233. The molecule has 1 heterocycles. The Kier molecular flexibility index (Phi) is 3.80. The first-order valence-electron chi connectivity index (χ1n) is 6.83. The fourth-order valence-electron chi connectivity index (χ4n) is 2.72. The molecular formula is C15H15BrFN3O. The molecule has 0 spiro atoms. The van der Waals surface area contributed by atoms with Gasteiger partial charge in [-0.2, -0.15) is 5.10 Å². The van der Waals surface area contributed by atoms with Crippen LogP contribution in [0.2, 0.25) is 0 Å². The van der Waals surface area contributed by atoms with Crippen LogP contribution in [-0.2, 0) is 13.5 Å². The van der Waals surface area contributed by atoms with Crippen LogP contribution in [0.15, 0.2) is 33.7 Å². The summed E-state index contributed by atoms with van der Waals surface area (Å²) in [4.78, 5) is 11.9. The molecule has 3 rings (SSSR count). The van der Waals surface area contributed by atoms with E-state index in [1.54, 1.807) is 19.3 Å². The van der Waals surface area contributed by atoms with E-state index in [2.05, 4.69) is 26.3 Å². The SMILES string of the molecule is Cn1ncc(NC2CCCc3ccc(F)cc32)c(Br)c1=O. The molecule has 21 heavy (non-hydrogen) atoms. The number of benzene rings is 1. The third-order valence-corrected chi connectivity index (χ3v) is 4.60. The van der Waals surface area contributed by atoms with Crippen LogP contribution in [0.4, 0.5) is 10.1 Å². The smallest absolute Gasteiger partial charge is 0.282 e.